The van der Waals surface area contributed by atoms with E-state index < -0.39 is 0 Å². The van der Waals surface area contributed by atoms with Gasteiger partial charge in [0.1, 0.15) is 0 Å². The minimum atomic E-state index is -0.264. The normalized spacial score (nSPS) is 21.9. The molecule has 6 nitrogen and oxygen atoms in total. The Kier molecular flexibility index (Phi) is 3.79. The molecule has 0 unspecified atom stereocenters. The molecule has 1 amide bonds. The van der Waals surface area contributed by atoms with Crippen molar-refractivity contribution in [1.29, 1.82) is 0 Å². The van der Waals surface area contributed by atoms with Gasteiger partial charge in [0.15, 0.2) is 0 Å². The lowest BCUT2D eigenvalue weighted by Crippen LogP contribution is -3.15. The van der Waals surface area contributed by atoms with Gasteiger partial charge in [-0.05, 0) is 19.1 Å². The first-order valence-electron chi connectivity index (χ1n) is 7.27. The number of hydrogen-bond acceptors (Lipinski definition) is 4. The number of quaternary nitrogens is 1. The van der Waals surface area contributed by atoms with E-state index in [1.807, 2.05) is 18.2 Å². The highest BCUT2D eigenvalue weighted by atomic mass is 16.6. The zero-order valence-electron chi connectivity index (χ0n) is 12.0. The van der Waals surface area contributed by atoms with Crippen LogP contribution in [0.2, 0.25) is 0 Å². The smallest absolute Gasteiger partial charge is 0.410 e. The number of rotatable bonds is 2. The summed E-state index contributed by atoms with van der Waals surface area (Å²) in [5.74, 6) is -0.254. The van der Waals surface area contributed by atoms with E-state index in [-0.39, 0.29) is 18.3 Å². The quantitative estimate of drug-likeness (QED) is 0.792. The molecule has 2 heterocycles. The molecule has 1 aromatic rings. The molecule has 0 radical (unpaired) electrons. The van der Waals surface area contributed by atoms with E-state index in [1.165, 1.54) is 4.90 Å². The number of cyclic esters (lactones) is 1. The van der Waals surface area contributed by atoms with Gasteiger partial charge < -0.3 is 9.47 Å². The standard InChI is InChI=1S/C15H18N2O4/c1-2-20-15(19)17-9-7-16(8-10-17)13-11-5-3-4-6-12(11)14(18)21-13/h3-6,13H,2,7-10H2,1H3/p+1/t13-/m1/s1. The third kappa shape index (κ3) is 2.58. The first-order chi connectivity index (χ1) is 10.2. The molecule has 112 valence electrons. The lowest BCUT2D eigenvalue weighted by Gasteiger charge is -2.33. The summed E-state index contributed by atoms with van der Waals surface area (Å²) < 4.78 is 10.5. The molecule has 2 aliphatic rings. The summed E-state index contributed by atoms with van der Waals surface area (Å²) in [4.78, 5) is 26.4. The second-order valence-electron chi connectivity index (χ2n) is 5.22. The Labute approximate surface area is 123 Å². The molecule has 21 heavy (non-hydrogen) atoms. The third-order valence-electron chi connectivity index (χ3n) is 3.99. The summed E-state index contributed by atoms with van der Waals surface area (Å²) in [6.07, 6.45) is -0.515. The molecule has 1 aromatic carbocycles. The van der Waals surface area contributed by atoms with Crippen LogP contribution in [0, 0.1) is 0 Å². The largest absolute Gasteiger partial charge is 0.450 e. The highest BCUT2D eigenvalue weighted by Gasteiger charge is 2.40. The molecule has 2 aliphatic heterocycles. The maximum atomic E-state index is 11.9. The van der Waals surface area contributed by atoms with Gasteiger partial charge in [-0.2, -0.15) is 0 Å². The Balaban J connectivity index is 1.66. The molecule has 1 N–H and O–H groups in total. The first kappa shape index (κ1) is 13.9. The summed E-state index contributed by atoms with van der Waals surface area (Å²) in [6.45, 7) is 4.90. The van der Waals surface area contributed by atoms with Gasteiger partial charge in [0, 0.05) is 0 Å². The number of carbonyl (C=O) groups is 2. The average molecular weight is 291 g/mol. The predicted molar refractivity (Wildman–Crippen MR) is 73.9 cm³/mol. The van der Waals surface area contributed by atoms with E-state index in [9.17, 15) is 9.59 Å². The van der Waals surface area contributed by atoms with Crippen LogP contribution in [0.15, 0.2) is 24.3 Å². The Morgan fingerprint density at radius 1 is 1.38 bits per heavy atom. The van der Waals surface area contributed by atoms with Crippen molar-refractivity contribution in [3.8, 4) is 0 Å². The van der Waals surface area contributed by atoms with Gasteiger partial charge in [0.2, 0.25) is 0 Å². The van der Waals surface area contributed by atoms with Crippen LogP contribution < -0.4 is 4.90 Å². The number of ether oxygens (including phenoxy) is 2. The number of esters is 1. The van der Waals surface area contributed by atoms with Crippen LogP contribution >= 0.6 is 0 Å². The second-order valence-corrected chi connectivity index (χ2v) is 5.22. The topological polar surface area (TPSA) is 60.3 Å². The van der Waals surface area contributed by atoms with Crippen molar-refractivity contribution in [2.75, 3.05) is 32.8 Å². The molecule has 3 rings (SSSR count). The molecule has 0 aliphatic carbocycles. The summed E-state index contributed by atoms with van der Waals surface area (Å²) in [6, 6.07) is 7.50. The number of piperazine rings is 1. The van der Waals surface area contributed by atoms with Crippen LogP contribution in [0.5, 0.6) is 0 Å². The molecule has 0 aromatic heterocycles. The van der Waals surface area contributed by atoms with Crippen molar-refractivity contribution in [1.82, 2.24) is 4.90 Å². The van der Waals surface area contributed by atoms with E-state index in [2.05, 4.69) is 0 Å². The van der Waals surface area contributed by atoms with Crippen LogP contribution in [0.25, 0.3) is 0 Å². The SMILES string of the molecule is CCOC(=O)N1CC[NH+]([C@@H]2OC(=O)c3ccccc32)CC1. The molecule has 6 heteroatoms. The zero-order chi connectivity index (χ0) is 14.8. The minimum Gasteiger partial charge on any atom is -0.450 e. The maximum absolute atomic E-state index is 11.9. The van der Waals surface area contributed by atoms with E-state index in [0.29, 0.717) is 25.3 Å². The van der Waals surface area contributed by atoms with Crippen LogP contribution in [-0.2, 0) is 9.47 Å². The van der Waals surface area contributed by atoms with Gasteiger partial charge in [-0.25, -0.2) is 9.59 Å². The Hall–Kier alpha value is -2.08. The Morgan fingerprint density at radius 3 is 2.81 bits per heavy atom. The fourth-order valence-electron chi connectivity index (χ4n) is 2.90. The maximum Gasteiger partial charge on any atom is 0.410 e. The lowest BCUT2D eigenvalue weighted by molar-refractivity contribution is -0.955. The summed E-state index contributed by atoms with van der Waals surface area (Å²) >= 11 is 0. The van der Waals surface area contributed by atoms with E-state index in [0.717, 1.165) is 18.7 Å². The predicted octanol–water partition coefficient (Wildman–Crippen LogP) is 0.213. The fraction of sp³-hybridized carbons (Fsp3) is 0.467. The molecular formula is C15H19N2O4+. The van der Waals surface area contributed by atoms with Crippen molar-refractivity contribution in [3.63, 3.8) is 0 Å². The van der Waals surface area contributed by atoms with Gasteiger partial charge >= 0.3 is 12.1 Å². The summed E-state index contributed by atoms with van der Waals surface area (Å²) in [5, 5.41) is 0. The van der Waals surface area contributed by atoms with Gasteiger partial charge in [0.05, 0.1) is 43.9 Å². The summed E-state index contributed by atoms with van der Waals surface area (Å²) in [5.41, 5.74) is 1.60. The van der Waals surface area contributed by atoms with Gasteiger partial charge in [0.25, 0.3) is 6.23 Å². The van der Waals surface area contributed by atoms with Crippen LogP contribution in [0.3, 0.4) is 0 Å². The second kappa shape index (κ2) is 5.73. The molecule has 0 saturated carbocycles. The number of fused-ring (bicyclic) bond motifs is 1. The van der Waals surface area contributed by atoms with Gasteiger partial charge in [-0.1, -0.05) is 12.1 Å². The van der Waals surface area contributed by atoms with Crippen LogP contribution in [0.1, 0.15) is 29.1 Å². The minimum absolute atomic E-state index is 0.252. The van der Waals surface area contributed by atoms with Crippen LogP contribution in [-0.4, -0.2) is 49.7 Å². The zero-order valence-corrected chi connectivity index (χ0v) is 12.0. The number of carbonyl (C=O) groups excluding carboxylic acids is 2. The molecule has 1 atom stereocenters. The number of amides is 1. The van der Waals surface area contributed by atoms with E-state index in [1.54, 1.807) is 17.9 Å². The van der Waals surface area contributed by atoms with Crippen molar-refractivity contribution < 1.29 is 24.0 Å². The van der Waals surface area contributed by atoms with Crippen molar-refractivity contribution >= 4 is 12.1 Å². The van der Waals surface area contributed by atoms with Crippen molar-refractivity contribution in [2.45, 2.75) is 13.2 Å². The Morgan fingerprint density at radius 2 is 2.10 bits per heavy atom. The summed E-state index contributed by atoms with van der Waals surface area (Å²) in [7, 11) is 0. The number of hydrogen-bond donors (Lipinski definition) is 1. The Bertz CT molecular complexity index is 552. The van der Waals surface area contributed by atoms with Crippen molar-refractivity contribution in [2.24, 2.45) is 0 Å². The molecular weight excluding hydrogens is 272 g/mol. The first-order valence-corrected chi connectivity index (χ1v) is 7.27. The molecule has 1 saturated heterocycles. The van der Waals surface area contributed by atoms with E-state index in [4.69, 9.17) is 9.47 Å². The average Bonchev–Trinajstić information content (AvgIpc) is 2.85. The van der Waals surface area contributed by atoms with Crippen LogP contribution in [0.4, 0.5) is 4.79 Å². The number of nitrogens with zero attached hydrogens (tertiary/aromatic N) is 1. The molecule has 1 fully saturated rings. The number of nitrogens with one attached hydrogen (secondary N) is 1. The molecule has 0 bridgehead atoms. The van der Waals surface area contributed by atoms with Gasteiger partial charge in [-0.3, -0.25) is 9.80 Å². The number of benzene rings is 1. The highest BCUT2D eigenvalue weighted by Crippen LogP contribution is 2.26. The van der Waals surface area contributed by atoms with Gasteiger partial charge in [-0.15, -0.1) is 0 Å². The monoisotopic (exact) mass is 291 g/mol. The fourth-order valence-corrected chi connectivity index (χ4v) is 2.90. The van der Waals surface area contributed by atoms with E-state index >= 15 is 0 Å². The third-order valence-corrected chi connectivity index (χ3v) is 3.99. The van der Waals surface area contributed by atoms with Crippen molar-refractivity contribution in [3.05, 3.63) is 35.4 Å². The molecule has 0 spiro atoms. The highest BCUT2D eigenvalue weighted by molar-refractivity contribution is 5.93. The lowest BCUT2D eigenvalue weighted by atomic mass is 10.1.